The number of fused-ring (bicyclic) bond motifs is 1. The van der Waals surface area contributed by atoms with Crippen molar-refractivity contribution in [1.82, 2.24) is 19.6 Å². The second kappa shape index (κ2) is 11.4. The first-order valence-electron chi connectivity index (χ1n) is 12.7. The van der Waals surface area contributed by atoms with E-state index in [1.54, 1.807) is 0 Å². The van der Waals surface area contributed by atoms with Crippen LogP contribution in [-0.4, -0.2) is 59.7 Å². The number of hydrogen-bond donors (Lipinski definition) is 2. The number of aromatic nitrogens is 2. The van der Waals surface area contributed by atoms with Crippen LogP contribution in [0.25, 0.3) is 28.0 Å². The molecule has 0 unspecified atom stereocenters. The summed E-state index contributed by atoms with van der Waals surface area (Å²) in [4.78, 5) is 19.1. The number of nitrogens with zero attached hydrogens (tertiary/aromatic N) is 3. The molecule has 1 saturated heterocycles. The summed E-state index contributed by atoms with van der Waals surface area (Å²) in [5.41, 5.74) is 7.33. The Labute approximate surface area is 212 Å². The van der Waals surface area contributed by atoms with Crippen LogP contribution in [0, 0.1) is 0 Å². The van der Waals surface area contributed by atoms with Gasteiger partial charge in [-0.05, 0) is 67.3 Å². The lowest BCUT2D eigenvalue weighted by Crippen LogP contribution is -2.36. The van der Waals surface area contributed by atoms with Gasteiger partial charge in [0.25, 0.3) is 0 Å². The molecule has 2 N–H and O–H groups in total. The summed E-state index contributed by atoms with van der Waals surface area (Å²) < 4.78 is 7.53. The second-order valence-electron chi connectivity index (χ2n) is 9.11. The Hall–Kier alpha value is -3.68. The second-order valence-corrected chi connectivity index (χ2v) is 9.11. The lowest BCUT2D eigenvalue weighted by molar-refractivity contribution is 0.0375. The third-order valence-electron chi connectivity index (χ3n) is 6.57. The van der Waals surface area contributed by atoms with Gasteiger partial charge in [-0.15, -0.1) is 0 Å². The Morgan fingerprint density at radius 1 is 1.00 bits per heavy atom. The number of carbonyl (C=O) groups excluding carboxylic acids is 1. The monoisotopic (exact) mass is 483 g/mol. The number of rotatable bonds is 8. The van der Waals surface area contributed by atoms with Crippen LogP contribution in [0.3, 0.4) is 0 Å². The molecular formula is C29H33N5O2. The maximum absolute atomic E-state index is 11.9. The zero-order valence-corrected chi connectivity index (χ0v) is 20.7. The standard InChI is InChI=1S/C29H33N5O2/c1-2-30-29(35)32-26-10-4-9-25(19-26)27-21-31-28-20-24(11-13-34(27)28)23-8-3-6-22(18-23)7-5-12-33-14-16-36-17-15-33/h3-4,6,8-11,13,18-21H,2,5,7,12,14-17H2,1H3,(H2,30,32,35). The minimum atomic E-state index is -0.208. The van der Waals surface area contributed by atoms with Gasteiger partial charge in [0.15, 0.2) is 0 Å². The maximum Gasteiger partial charge on any atom is 0.319 e. The number of pyridine rings is 1. The van der Waals surface area contributed by atoms with E-state index in [1.807, 2.05) is 37.4 Å². The summed E-state index contributed by atoms with van der Waals surface area (Å²) in [6.45, 7) is 7.39. The topological polar surface area (TPSA) is 70.9 Å². The fraction of sp³-hybridized carbons (Fsp3) is 0.310. The minimum absolute atomic E-state index is 0.208. The smallest absolute Gasteiger partial charge is 0.319 e. The fourth-order valence-electron chi connectivity index (χ4n) is 4.70. The van der Waals surface area contributed by atoms with Crippen molar-refractivity contribution in [2.24, 2.45) is 0 Å². The molecule has 1 aliphatic rings. The molecule has 7 heteroatoms. The molecule has 36 heavy (non-hydrogen) atoms. The number of imidazole rings is 1. The van der Waals surface area contributed by atoms with E-state index in [4.69, 9.17) is 4.74 Å². The zero-order chi connectivity index (χ0) is 24.7. The van der Waals surface area contributed by atoms with Crippen molar-refractivity contribution in [2.75, 3.05) is 44.7 Å². The first-order chi connectivity index (χ1) is 17.7. The Morgan fingerprint density at radius 2 is 1.81 bits per heavy atom. The molecule has 0 saturated carbocycles. The summed E-state index contributed by atoms with van der Waals surface area (Å²) in [5.74, 6) is 0. The number of carbonyl (C=O) groups is 1. The maximum atomic E-state index is 11.9. The predicted molar refractivity (Wildman–Crippen MR) is 144 cm³/mol. The zero-order valence-electron chi connectivity index (χ0n) is 20.7. The van der Waals surface area contributed by atoms with Crippen LogP contribution in [0.1, 0.15) is 18.9 Å². The van der Waals surface area contributed by atoms with Crippen molar-refractivity contribution in [3.63, 3.8) is 0 Å². The van der Waals surface area contributed by atoms with Gasteiger partial charge in [-0.3, -0.25) is 9.30 Å². The largest absolute Gasteiger partial charge is 0.379 e. The average molecular weight is 484 g/mol. The number of benzene rings is 2. The normalized spacial score (nSPS) is 14.1. The van der Waals surface area contributed by atoms with E-state index in [9.17, 15) is 4.79 Å². The molecular weight excluding hydrogens is 450 g/mol. The van der Waals surface area contributed by atoms with E-state index < -0.39 is 0 Å². The van der Waals surface area contributed by atoms with Crippen LogP contribution >= 0.6 is 0 Å². The molecule has 0 radical (unpaired) electrons. The van der Waals surface area contributed by atoms with Gasteiger partial charge in [-0.1, -0.05) is 36.4 Å². The van der Waals surface area contributed by atoms with Crippen LogP contribution in [0.2, 0.25) is 0 Å². The summed E-state index contributed by atoms with van der Waals surface area (Å²) in [7, 11) is 0. The van der Waals surface area contributed by atoms with Gasteiger partial charge in [0, 0.05) is 37.1 Å². The van der Waals surface area contributed by atoms with Crippen molar-refractivity contribution in [1.29, 1.82) is 0 Å². The highest BCUT2D eigenvalue weighted by molar-refractivity contribution is 5.90. The first-order valence-corrected chi connectivity index (χ1v) is 12.7. The van der Waals surface area contributed by atoms with Gasteiger partial charge in [0.05, 0.1) is 25.1 Å². The van der Waals surface area contributed by atoms with Crippen LogP contribution in [0.5, 0.6) is 0 Å². The van der Waals surface area contributed by atoms with Gasteiger partial charge in [-0.2, -0.15) is 0 Å². The fourth-order valence-corrected chi connectivity index (χ4v) is 4.70. The van der Waals surface area contributed by atoms with Crippen LogP contribution < -0.4 is 10.6 Å². The number of ether oxygens (including phenoxy) is 1. The van der Waals surface area contributed by atoms with Crippen molar-refractivity contribution < 1.29 is 9.53 Å². The highest BCUT2D eigenvalue weighted by Gasteiger charge is 2.11. The van der Waals surface area contributed by atoms with Crippen molar-refractivity contribution in [3.8, 4) is 22.4 Å². The van der Waals surface area contributed by atoms with E-state index in [1.165, 1.54) is 11.1 Å². The number of anilines is 1. The van der Waals surface area contributed by atoms with Gasteiger partial charge >= 0.3 is 6.03 Å². The number of nitrogens with one attached hydrogen (secondary N) is 2. The van der Waals surface area contributed by atoms with Crippen molar-refractivity contribution in [2.45, 2.75) is 19.8 Å². The van der Waals surface area contributed by atoms with Gasteiger partial charge in [-0.25, -0.2) is 9.78 Å². The van der Waals surface area contributed by atoms with E-state index in [0.29, 0.717) is 6.54 Å². The lowest BCUT2D eigenvalue weighted by Gasteiger charge is -2.26. The average Bonchev–Trinajstić information content (AvgIpc) is 3.33. The molecule has 1 fully saturated rings. The lowest BCUT2D eigenvalue weighted by atomic mass is 10.0. The van der Waals surface area contributed by atoms with E-state index in [2.05, 4.69) is 67.5 Å². The Balaban J connectivity index is 1.30. The molecule has 2 aromatic heterocycles. The molecule has 4 aromatic rings. The molecule has 7 nitrogen and oxygen atoms in total. The number of hydrogen-bond acceptors (Lipinski definition) is 4. The predicted octanol–water partition coefficient (Wildman–Crippen LogP) is 5.07. The van der Waals surface area contributed by atoms with Crippen LogP contribution in [0.15, 0.2) is 73.1 Å². The third kappa shape index (κ3) is 5.75. The van der Waals surface area contributed by atoms with Gasteiger partial charge in [0.2, 0.25) is 0 Å². The van der Waals surface area contributed by atoms with E-state index >= 15 is 0 Å². The highest BCUT2D eigenvalue weighted by Crippen LogP contribution is 2.27. The summed E-state index contributed by atoms with van der Waals surface area (Å²) in [5, 5.41) is 5.63. The Kier molecular flexibility index (Phi) is 7.59. The number of morpholine rings is 1. The first kappa shape index (κ1) is 24.0. The third-order valence-corrected chi connectivity index (χ3v) is 6.57. The van der Waals surface area contributed by atoms with Crippen molar-refractivity contribution in [3.05, 3.63) is 78.6 Å². The quantitative estimate of drug-likeness (QED) is 0.367. The molecule has 0 bridgehead atoms. The molecule has 5 rings (SSSR count). The Morgan fingerprint density at radius 3 is 2.67 bits per heavy atom. The molecule has 2 aromatic carbocycles. The van der Waals surface area contributed by atoms with Crippen LogP contribution in [-0.2, 0) is 11.2 Å². The molecule has 2 amide bonds. The minimum Gasteiger partial charge on any atom is -0.379 e. The van der Waals surface area contributed by atoms with Crippen LogP contribution in [0.4, 0.5) is 10.5 Å². The van der Waals surface area contributed by atoms with E-state index in [-0.39, 0.29) is 6.03 Å². The summed E-state index contributed by atoms with van der Waals surface area (Å²) in [6, 6.07) is 20.7. The van der Waals surface area contributed by atoms with E-state index in [0.717, 1.165) is 73.8 Å². The summed E-state index contributed by atoms with van der Waals surface area (Å²) in [6.07, 6.45) is 6.18. The number of aryl methyl sites for hydroxylation is 1. The van der Waals surface area contributed by atoms with Crippen molar-refractivity contribution >= 4 is 17.4 Å². The number of amides is 2. The molecule has 1 aliphatic heterocycles. The van der Waals surface area contributed by atoms with Gasteiger partial charge in [0.1, 0.15) is 5.65 Å². The summed E-state index contributed by atoms with van der Waals surface area (Å²) >= 11 is 0. The molecule has 3 heterocycles. The highest BCUT2D eigenvalue weighted by atomic mass is 16.5. The van der Waals surface area contributed by atoms with Gasteiger partial charge < -0.3 is 15.4 Å². The molecule has 0 aliphatic carbocycles. The Bertz CT molecular complexity index is 1330. The molecule has 186 valence electrons. The number of urea groups is 1. The molecule has 0 spiro atoms. The SMILES string of the molecule is CCNC(=O)Nc1cccc(-c2cnc3cc(-c4cccc(CCCN5CCOCC5)c4)ccn23)c1. The molecule has 0 atom stereocenters.